The average molecular weight is 361 g/mol. The van der Waals surface area contributed by atoms with Gasteiger partial charge >= 0.3 is 0 Å². The Morgan fingerprint density at radius 3 is 3.05 bits per heavy atom. The zero-order valence-electron chi connectivity index (χ0n) is 11.5. The van der Waals surface area contributed by atoms with Crippen LogP contribution in [-0.2, 0) is 13.0 Å². The molecule has 3 rings (SSSR count). The smallest absolute Gasteiger partial charge is 0.265 e. The molecule has 0 saturated heterocycles. The number of carbonyl (C=O) groups is 1. The summed E-state index contributed by atoms with van der Waals surface area (Å²) in [4.78, 5) is 15.0. The molecule has 5 heteroatoms. The Morgan fingerprint density at radius 2 is 2.29 bits per heavy atom. The van der Waals surface area contributed by atoms with Gasteiger partial charge in [-0.2, -0.15) is 5.26 Å². The fourth-order valence-electron chi connectivity index (χ4n) is 2.70. The molecule has 1 aliphatic rings. The first-order valence-electron chi connectivity index (χ1n) is 6.65. The minimum atomic E-state index is -0.0329. The molecule has 0 bridgehead atoms. The largest absolute Gasteiger partial charge is 0.333 e. The summed E-state index contributed by atoms with van der Waals surface area (Å²) in [6, 6.07) is 8.01. The van der Waals surface area contributed by atoms with Crippen molar-refractivity contribution in [3.05, 3.63) is 55.2 Å². The van der Waals surface area contributed by atoms with Crippen LogP contribution in [0.2, 0.25) is 0 Å². The van der Waals surface area contributed by atoms with Crippen molar-refractivity contribution in [2.24, 2.45) is 0 Å². The van der Waals surface area contributed by atoms with E-state index in [4.69, 9.17) is 5.26 Å². The number of nitrogens with zero attached hydrogens (tertiary/aromatic N) is 2. The SMILES string of the molecule is Cc1cc(Br)cc2c1CN(C(=O)c1sccc1C#N)CC2. The average Bonchev–Trinajstić information content (AvgIpc) is 2.94. The molecule has 0 saturated carbocycles. The molecule has 0 radical (unpaired) electrons. The van der Waals surface area contributed by atoms with E-state index in [1.165, 1.54) is 28.0 Å². The highest BCUT2D eigenvalue weighted by atomic mass is 79.9. The molecule has 0 aliphatic carbocycles. The lowest BCUT2D eigenvalue weighted by molar-refractivity contribution is 0.0739. The number of rotatable bonds is 1. The van der Waals surface area contributed by atoms with Crippen molar-refractivity contribution >= 4 is 33.2 Å². The third kappa shape index (κ3) is 2.61. The molecule has 2 aromatic rings. The monoisotopic (exact) mass is 360 g/mol. The van der Waals surface area contributed by atoms with Crippen LogP contribution < -0.4 is 0 Å². The molecule has 1 aromatic carbocycles. The van der Waals surface area contributed by atoms with Gasteiger partial charge in [0.2, 0.25) is 0 Å². The first-order valence-corrected chi connectivity index (χ1v) is 8.32. The Bertz CT molecular complexity index is 760. The minimum absolute atomic E-state index is 0.0329. The normalized spacial score (nSPS) is 13.7. The van der Waals surface area contributed by atoms with Crippen LogP contribution in [0.1, 0.15) is 31.9 Å². The van der Waals surface area contributed by atoms with E-state index in [0.29, 0.717) is 23.5 Å². The van der Waals surface area contributed by atoms with Gasteiger partial charge in [0.25, 0.3) is 5.91 Å². The predicted molar refractivity (Wildman–Crippen MR) is 86.4 cm³/mol. The fraction of sp³-hybridized carbons (Fsp3) is 0.250. The van der Waals surface area contributed by atoms with Gasteiger partial charge in [0.1, 0.15) is 10.9 Å². The molecular formula is C16H13BrN2OS. The van der Waals surface area contributed by atoms with Gasteiger partial charge in [0.05, 0.1) is 5.56 Å². The first-order chi connectivity index (χ1) is 10.1. The van der Waals surface area contributed by atoms with Crippen LogP contribution in [0.25, 0.3) is 0 Å². The molecule has 0 spiro atoms. The topological polar surface area (TPSA) is 44.1 Å². The van der Waals surface area contributed by atoms with Gasteiger partial charge in [0.15, 0.2) is 0 Å². The molecule has 1 aromatic heterocycles. The quantitative estimate of drug-likeness (QED) is 0.774. The van der Waals surface area contributed by atoms with Crippen LogP contribution in [0.15, 0.2) is 28.1 Å². The van der Waals surface area contributed by atoms with E-state index in [1.54, 1.807) is 11.4 Å². The number of fused-ring (bicyclic) bond motifs is 1. The highest BCUT2D eigenvalue weighted by Crippen LogP contribution is 2.28. The van der Waals surface area contributed by atoms with Crippen LogP contribution in [0.3, 0.4) is 0 Å². The zero-order chi connectivity index (χ0) is 15.0. The van der Waals surface area contributed by atoms with E-state index in [0.717, 1.165) is 10.9 Å². The maximum atomic E-state index is 12.6. The second-order valence-corrected chi connectivity index (χ2v) is 6.94. The number of benzene rings is 1. The van der Waals surface area contributed by atoms with Gasteiger partial charge in [-0.1, -0.05) is 15.9 Å². The molecule has 3 nitrogen and oxygen atoms in total. The Labute approximate surface area is 135 Å². The van der Waals surface area contributed by atoms with Crippen molar-refractivity contribution in [2.45, 2.75) is 19.9 Å². The van der Waals surface area contributed by atoms with Gasteiger partial charge in [-0.3, -0.25) is 4.79 Å². The molecular weight excluding hydrogens is 348 g/mol. The standard InChI is InChI=1S/C16H13BrN2OS/c1-10-6-13(17)7-11-2-4-19(9-14(10)11)16(20)15-12(8-18)3-5-21-15/h3,5-7H,2,4,9H2,1H3. The number of thiophene rings is 1. The summed E-state index contributed by atoms with van der Waals surface area (Å²) in [7, 11) is 0. The van der Waals surface area contributed by atoms with Crippen LogP contribution in [-0.4, -0.2) is 17.4 Å². The Hall–Kier alpha value is -1.64. The number of amides is 1. The highest BCUT2D eigenvalue weighted by Gasteiger charge is 2.25. The van der Waals surface area contributed by atoms with Crippen molar-refractivity contribution in [2.75, 3.05) is 6.54 Å². The summed E-state index contributed by atoms with van der Waals surface area (Å²) < 4.78 is 1.09. The second-order valence-electron chi connectivity index (χ2n) is 5.11. The number of aryl methyl sites for hydroxylation is 1. The summed E-state index contributed by atoms with van der Waals surface area (Å²) >= 11 is 4.86. The summed E-state index contributed by atoms with van der Waals surface area (Å²) in [6.45, 7) is 3.39. The fourth-order valence-corrected chi connectivity index (χ4v) is 4.13. The number of hydrogen-bond donors (Lipinski definition) is 0. The van der Waals surface area contributed by atoms with E-state index in [1.807, 2.05) is 4.90 Å². The maximum Gasteiger partial charge on any atom is 0.265 e. The van der Waals surface area contributed by atoms with Gasteiger partial charge in [-0.15, -0.1) is 11.3 Å². The summed E-state index contributed by atoms with van der Waals surface area (Å²) in [5, 5.41) is 10.9. The third-order valence-corrected chi connectivity index (χ3v) is 5.16. The van der Waals surface area contributed by atoms with Gasteiger partial charge < -0.3 is 4.90 Å². The molecule has 0 unspecified atom stereocenters. The molecule has 1 amide bonds. The Balaban J connectivity index is 1.90. The van der Waals surface area contributed by atoms with E-state index < -0.39 is 0 Å². The molecule has 0 N–H and O–H groups in total. The van der Waals surface area contributed by atoms with E-state index >= 15 is 0 Å². The molecule has 106 valence electrons. The van der Waals surface area contributed by atoms with Crippen LogP contribution in [0, 0.1) is 18.3 Å². The van der Waals surface area contributed by atoms with E-state index in [9.17, 15) is 4.79 Å². The number of halogens is 1. The lowest BCUT2D eigenvalue weighted by Gasteiger charge is -2.30. The van der Waals surface area contributed by atoms with E-state index in [2.05, 4.69) is 41.1 Å². The summed E-state index contributed by atoms with van der Waals surface area (Å²) in [5.74, 6) is -0.0329. The van der Waals surface area contributed by atoms with Gasteiger partial charge in [-0.05, 0) is 53.6 Å². The van der Waals surface area contributed by atoms with Crippen LogP contribution in [0.4, 0.5) is 0 Å². The Kier molecular flexibility index (Phi) is 3.83. The number of hydrogen-bond acceptors (Lipinski definition) is 3. The van der Waals surface area contributed by atoms with Crippen molar-refractivity contribution in [3.63, 3.8) is 0 Å². The highest BCUT2D eigenvalue weighted by molar-refractivity contribution is 9.10. The lowest BCUT2D eigenvalue weighted by Crippen LogP contribution is -2.36. The van der Waals surface area contributed by atoms with E-state index in [-0.39, 0.29) is 5.91 Å². The van der Waals surface area contributed by atoms with Gasteiger partial charge in [-0.25, -0.2) is 0 Å². The molecule has 0 fully saturated rings. The van der Waals surface area contributed by atoms with Crippen LogP contribution in [0.5, 0.6) is 0 Å². The maximum absolute atomic E-state index is 12.6. The second kappa shape index (κ2) is 5.63. The minimum Gasteiger partial charge on any atom is -0.333 e. The molecule has 21 heavy (non-hydrogen) atoms. The third-order valence-electron chi connectivity index (χ3n) is 3.80. The van der Waals surface area contributed by atoms with Crippen molar-refractivity contribution in [1.82, 2.24) is 4.90 Å². The molecule has 1 aliphatic heterocycles. The first kappa shape index (κ1) is 14.3. The van der Waals surface area contributed by atoms with Crippen molar-refractivity contribution in [1.29, 1.82) is 5.26 Å². The number of nitriles is 1. The summed E-state index contributed by atoms with van der Waals surface area (Å²) in [6.07, 6.45) is 0.856. The Morgan fingerprint density at radius 1 is 1.48 bits per heavy atom. The van der Waals surface area contributed by atoms with Crippen molar-refractivity contribution < 1.29 is 4.79 Å². The van der Waals surface area contributed by atoms with Crippen molar-refractivity contribution in [3.8, 4) is 6.07 Å². The number of carbonyl (C=O) groups excluding carboxylic acids is 1. The molecule has 2 heterocycles. The lowest BCUT2D eigenvalue weighted by atomic mass is 9.95. The molecule has 0 atom stereocenters. The van der Waals surface area contributed by atoms with Crippen LogP contribution >= 0.6 is 27.3 Å². The zero-order valence-corrected chi connectivity index (χ0v) is 13.9. The summed E-state index contributed by atoms with van der Waals surface area (Å²) in [5.41, 5.74) is 4.21. The predicted octanol–water partition coefficient (Wildman–Crippen LogP) is 3.89. The van der Waals surface area contributed by atoms with Gasteiger partial charge in [0, 0.05) is 17.6 Å².